The summed E-state index contributed by atoms with van der Waals surface area (Å²) < 4.78 is 15.2. The van der Waals surface area contributed by atoms with Crippen LogP contribution in [-0.4, -0.2) is 14.5 Å². The van der Waals surface area contributed by atoms with Crippen LogP contribution in [0.5, 0.6) is 0 Å². The van der Waals surface area contributed by atoms with E-state index in [9.17, 15) is 4.39 Å². The zero-order valence-corrected chi connectivity index (χ0v) is 11.5. The highest BCUT2D eigenvalue weighted by atomic mass is 35.5. The Morgan fingerprint density at radius 1 is 1.25 bits per heavy atom. The molecule has 0 aliphatic carbocycles. The number of rotatable bonds is 4. The maximum Gasteiger partial charge on any atom is 0.124 e. The first-order valence-corrected chi connectivity index (χ1v) is 6.91. The van der Waals surface area contributed by atoms with Crippen molar-refractivity contribution in [2.45, 2.75) is 18.8 Å². The van der Waals surface area contributed by atoms with Gasteiger partial charge in [0.2, 0.25) is 0 Å². The molecule has 0 radical (unpaired) electrons. The Morgan fingerprint density at radius 3 is 2.95 bits per heavy atom. The number of aromatic nitrogens is 3. The lowest BCUT2D eigenvalue weighted by Gasteiger charge is -2.07. The van der Waals surface area contributed by atoms with Crippen molar-refractivity contribution in [2.75, 3.05) is 0 Å². The fraction of sp³-hybridized carbons (Fsp3) is 0.200. The maximum atomic E-state index is 13.2. The number of nitrogens with zero attached hydrogens (tertiary/aromatic N) is 3. The number of hydrogen-bond donors (Lipinski definition) is 0. The van der Waals surface area contributed by atoms with Crippen LogP contribution in [0.2, 0.25) is 0 Å². The molecule has 3 nitrogen and oxygen atoms in total. The largest absolute Gasteiger partial charge is 0.327 e. The second-order valence-electron chi connectivity index (χ2n) is 4.56. The molecule has 0 atom stereocenters. The first-order valence-electron chi connectivity index (χ1n) is 6.37. The summed E-state index contributed by atoms with van der Waals surface area (Å²) in [5.41, 5.74) is 2.80. The number of alkyl halides is 1. The van der Waals surface area contributed by atoms with E-state index in [0.717, 1.165) is 28.8 Å². The molecule has 0 N–H and O–H groups in total. The molecular weight excluding hydrogens is 277 g/mol. The van der Waals surface area contributed by atoms with Crippen LogP contribution in [0.3, 0.4) is 0 Å². The number of fused-ring (bicyclic) bond motifs is 1. The van der Waals surface area contributed by atoms with Crippen LogP contribution in [0.1, 0.15) is 11.4 Å². The van der Waals surface area contributed by atoms with Gasteiger partial charge in [-0.25, -0.2) is 9.37 Å². The SMILES string of the molecule is Fc1cccc(CCn2c(CCl)nc3cnccc32)c1. The van der Waals surface area contributed by atoms with E-state index < -0.39 is 0 Å². The number of aryl methyl sites for hydroxylation is 2. The lowest BCUT2D eigenvalue weighted by molar-refractivity contribution is 0.621. The molecule has 0 amide bonds. The van der Waals surface area contributed by atoms with Gasteiger partial charge in [0.1, 0.15) is 17.2 Å². The van der Waals surface area contributed by atoms with Gasteiger partial charge in [-0.15, -0.1) is 11.6 Å². The zero-order valence-electron chi connectivity index (χ0n) is 10.8. The summed E-state index contributed by atoms with van der Waals surface area (Å²) >= 11 is 5.95. The number of pyridine rings is 1. The summed E-state index contributed by atoms with van der Waals surface area (Å²) in [4.78, 5) is 8.52. The lowest BCUT2D eigenvalue weighted by atomic mass is 10.1. The third kappa shape index (κ3) is 2.51. The Kier molecular flexibility index (Phi) is 3.65. The van der Waals surface area contributed by atoms with Crippen LogP contribution in [0.25, 0.3) is 11.0 Å². The first-order chi connectivity index (χ1) is 9.78. The smallest absolute Gasteiger partial charge is 0.124 e. The van der Waals surface area contributed by atoms with Crippen molar-refractivity contribution in [1.82, 2.24) is 14.5 Å². The van der Waals surface area contributed by atoms with Crippen molar-refractivity contribution in [2.24, 2.45) is 0 Å². The second-order valence-corrected chi connectivity index (χ2v) is 4.82. The topological polar surface area (TPSA) is 30.7 Å². The predicted molar refractivity (Wildman–Crippen MR) is 77.2 cm³/mol. The lowest BCUT2D eigenvalue weighted by Crippen LogP contribution is -2.05. The molecule has 0 saturated carbocycles. The van der Waals surface area contributed by atoms with Crippen LogP contribution in [-0.2, 0) is 18.8 Å². The predicted octanol–water partition coefficient (Wildman–Crippen LogP) is 3.55. The highest BCUT2D eigenvalue weighted by Gasteiger charge is 2.09. The molecule has 0 aliphatic rings. The van der Waals surface area contributed by atoms with Crippen molar-refractivity contribution >= 4 is 22.6 Å². The van der Waals surface area contributed by atoms with Crippen LogP contribution in [0.4, 0.5) is 4.39 Å². The molecule has 3 rings (SSSR count). The van der Waals surface area contributed by atoms with Gasteiger partial charge in [0, 0.05) is 12.7 Å². The van der Waals surface area contributed by atoms with Gasteiger partial charge in [0.05, 0.1) is 17.6 Å². The summed E-state index contributed by atoms with van der Waals surface area (Å²) in [6.45, 7) is 0.714. The molecule has 5 heteroatoms. The van der Waals surface area contributed by atoms with Gasteiger partial charge in [-0.05, 0) is 30.2 Å². The van der Waals surface area contributed by atoms with Gasteiger partial charge in [-0.1, -0.05) is 12.1 Å². The summed E-state index contributed by atoms with van der Waals surface area (Å²) in [6.07, 6.45) is 4.19. The zero-order chi connectivity index (χ0) is 13.9. The fourth-order valence-corrected chi connectivity index (χ4v) is 2.52. The highest BCUT2D eigenvalue weighted by Crippen LogP contribution is 2.17. The summed E-state index contributed by atoms with van der Waals surface area (Å²) in [6, 6.07) is 8.57. The van der Waals surface area contributed by atoms with Crippen molar-refractivity contribution < 1.29 is 4.39 Å². The Balaban J connectivity index is 1.90. The number of imidazole rings is 1. The molecule has 0 aliphatic heterocycles. The summed E-state index contributed by atoms with van der Waals surface area (Å²) in [5.74, 6) is 0.948. The van der Waals surface area contributed by atoms with Crippen molar-refractivity contribution in [3.05, 3.63) is 59.9 Å². The van der Waals surface area contributed by atoms with Gasteiger partial charge in [0.15, 0.2) is 0 Å². The normalized spacial score (nSPS) is 11.1. The van der Waals surface area contributed by atoms with Crippen molar-refractivity contribution in [3.8, 4) is 0 Å². The van der Waals surface area contributed by atoms with E-state index >= 15 is 0 Å². The molecule has 0 unspecified atom stereocenters. The van der Waals surface area contributed by atoms with Gasteiger partial charge < -0.3 is 4.57 Å². The van der Waals surface area contributed by atoms with E-state index in [0.29, 0.717) is 12.4 Å². The molecule has 2 heterocycles. The van der Waals surface area contributed by atoms with Crippen molar-refractivity contribution in [3.63, 3.8) is 0 Å². The first kappa shape index (κ1) is 13.1. The summed E-state index contributed by atoms with van der Waals surface area (Å²) in [5, 5.41) is 0. The van der Waals surface area contributed by atoms with E-state index in [1.807, 2.05) is 12.1 Å². The Labute approximate surface area is 121 Å². The van der Waals surface area contributed by atoms with E-state index in [-0.39, 0.29) is 5.82 Å². The van der Waals surface area contributed by atoms with Crippen LogP contribution in [0, 0.1) is 5.82 Å². The van der Waals surface area contributed by atoms with E-state index in [1.54, 1.807) is 24.5 Å². The van der Waals surface area contributed by atoms with Gasteiger partial charge in [0.25, 0.3) is 0 Å². The third-order valence-corrected chi connectivity index (χ3v) is 3.50. The molecule has 2 aromatic heterocycles. The third-order valence-electron chi connectivity index (χ3n) is 3.26. The highest BCUT2D eigenvalue weighted by molar-refractivity contribution is 6.16. The van der Waals surface area contributed by atoms with Gasteiger partial charge in [-0.2, -0.15) is 0 Å². The second kappa shape index (κ2) is 5.59. The van der Waals surface area contributed by atoms with E-state index in [2.05, 4.69) is 14.5 Å². The average molecular weight is 290 g/mol. The standard InChI is InChI=1S/C15H13ClFN3/c16-9-15-19-13-10-18-6-4-14(13)20(15)7-5-11-2-1-3-12(17)8-11/h1-4,6,8,10H,5,7,9H2. The number of benzene rings is 1. The van der Waals surface area contributed by atoms with Crippen molar-refractivity contribution in [1.29, 1.82) is 0 Å². The minimum atomic E-state index is -0.209. The fourth-order valence-electron chi connectivity index (χ4n) is 2.32. The van der Waals surface area contributed by atoms with Crippen LogP contribution < -0.4 is 0 Å². The molecule has 0 bridgehead atoms. The number of hydrogen-bond acceptors (Lipinski definition) is 2. The molecule has 102 valence electrons. The molecular formula is C15H13ClFN3. The molecule has 0 spiro atoms. The molecule has 20 heavy (non-hydrogen) atoms. The molecule has 1 aromatic carbocycles. The van der Waals surface area contributed by atoms with Crippen LogP contribution >= 0.6 is 11.6 Å². The minimum absolute atomic E-state index is 0.209. The molecule has 3 aromatic rings. The van der Waals surface area contributed by atoms with Crippen LogP contribution in [0.15, 0.2) is 42.7 Å². The van der Waals surface area contributed by atoms with Gasteiger partial charge in [-0.3, -0.25) is 4.98 Å². The average Bonchev–Trinajstić information content (AvgIpc) is 2.83. The van der Waals surface area contributed by atoms with Gasteiger partial charge >= 0.3 is 0 Å². The Bertz CT molecular complexity index is 739. The summed E-state index contributed by atoms with van der Waals surface area (Å²) in [7, 11) is 0. The minimum Gasteiger partial charge on any atom is -0.327 e. The van der Waals surface area contributed by atoms with E-state index in [4.69, 9.17) is 11.6 Å². The number of halogens is 2. The Morgan fingerprint density at radius 2 is 2.15 bits per heavy atom. The quantitative estimate of drug-likeness (QED) is 0.688. The maximum absolute atomic E-state index is 13.2. The van der Waals surface area contributed by atoms with E-state index in [1.165, 1.54) is 6.07 Å². The molecule has 0 fully saturated rings. The monoisotopic (exact) mass is 289 g/mol. The Hall–Kier alpha value is -1.94. The molecule has 0 saturated heterocycles.